The number of phenols is 1. The molecule has 6 bridgehead atoms. The lowest BCUT2D eigenvalue weighted by Gasteiger charge is -2.36. The number of hydrogen-bond donors (Lipinski definition) is 3. The van der Waals surface area contributed by atoms with Crippen molar-refractivity contribution in [2.45, 2.75) is 97.5 Å². The van der Waals surface area contributed by atoms with Gasteiger partial charge in [-0.2, -0.15) is 4.31 Å². The molecule has 372 valence electrons. The number of aromatic hydroxyl groups is 1. The van der Waals surface area contributed by atoms with Gasteiger partial charge in [-0.1, -0.05) is 32.6 Å². The van der Waals surface area contributed by atoms with Crippen molar-refractivity contribution in [1.82, 2.24) is 39.4 Å². The average Bonchev–Trinajstić information content (AvgIpc) is 3.93. The number of pyridine rings is 1. The summed E-state index contributed by atoms with van der Waals surface area (Å²) in [5, 5.41) is 16.6. The summed E-state index contributed by atoms with van der Waals surface area (Å²) in [6.45, 7) is 15.0. The van der Waals surface area contributed by atoms with Crippen LogP contribution in [0.5, 0.6) is 5.75 Å². The van der Waals surface area contributed by atoms with E-state index in [0.717, 1.165) is 39.0 Å². The minimum atomic E-state index is -3.65. The van der Waals surface area contributed by atoms with Gasteiger partial charge in [-0.25, -0.2) is 13.8 Å². The number of rotatable bonds is 12. The van der Waals surface area contributed by atoms with Crippen molar-refractivity contribution in [3.05, 3.63) is 83.7 Å². The summed E-state index contributed by atoms with van der Waals surface area (Å²) in [6.07, 6.45) is 3.09. The molecular formula is C51H68N8O9S. The first-order valence-electron chi connectivity index (χ1n) is 23.7. The zero-order valence-corrected chi connectivity index (χ0v) is 42.2. The predicted molar refractivity (Wildman–Crippen MR) is 264 cm³/mol. The minimum absolute atomic E-state index is 0.0223. The number of likely N-dealkylation sites (N-methyl/N-ethyl adjacent to an activating group) is 1. The number of hydrogen-bond acceptors (Lipinski definition) is 12. The van der Waals surface area contributed by atoms with E-state index in [4.69, 9.17) is 14.5 Å². The smallest absolute Gasteiger partial charge is 0.324 e. The number of cyclic esters (lactones) is 1. The van der Waals surface area contributed by atoms with Crippen LogP contribution in [0.3, 0.4) is 0 Å². The summed E-state index contributed by atoms with van der Waals surface area (Å²) < 4.78 is 41.5. The van der Waals surface area contributed by atoms with E-state index in [1.54, 1.807) is 51.4 Å². The molecule has 18 heteroatoms. The molecule has 0 unspecified atom stereocenters. The zero-order chi connectivity index (χ0) is 50.1. The number of esters is 1. The van der Waals surface area contributed by atoms with Crippen LogP contribution in [-0.4, -0.2) is 144 Å². The molecule has 0 spiro atoms. The molecule has 3 aliphatic rings. The predicted octanol–water partition coefficient (Wildman–Crippen LogP) is 5.03. The van der Waals surface area contributed by atoms with Gasteiger partial charge in [0.2, 0.25) is 21.8 Å². The van der Waals surface area contributed by atoms with Gasteiger partial charge in [-0.15, -0.1) is 0 Å². The average molecular weight is 969 g/mol. The number of nitrogens with one attached hydrogen (secondary N) is 2. The van der Waals surface area contributed by atoms with Gasteiger partial charge in [0.25, 0.3) is 5.91 Å². The molecule has 2 saturated heterocycles. The van der Waals surface area contributed by atoms with E-state index in [1.165, 1.54) is 21.3 Å². The number of hydrazine groups is 1. The number of carbonyl (C=O) groups is 4. The van der Waals surface area contributed by atoms with Gasteiger partial charge in [0.1, 0.15) is 29.8 Å². The number of nitrogens with zero attached hydrogens (tertiary/aromatic N) is 6. The van der Waals surface area contributed by atoms with Gasteiger partial charge in [0.05, 0.1) is 30.0 Å². The van der Waals surface area contributed by atoms with Crippen molar-refractivity contribution < 1.29 is 42.2 Å². The second-order valence-corrected chi connectivity index (χ2v) is 21.8. The number of benzene rings is 2. The minimum Gasteiger partial charge on any atom is -0.508 e. The van der Waals surface area contributed by atoms with Crippen LogP contribution in [0.2, 0.25) is 0 Å². The molecule has 3 N–H and O–H groups in total. The number of fused-ring (bicyclic) bond motifs is 6. The number of phenolic OH excluding ortho intramolecular Hbond substituents is 1. The topological polar surface area (TPSA) is 196 Å². The first-order valence-corrected chi connectivity index (χ1v) is 25.3. The molecule has 0 aliphatic carbocycles. The van der Waals surface area contributed by atoms with E-state index >= 15 is 0 Å². The molecule has 17 nitrogen and oxygen atoms in total. The van der Waals surface area contributed by atoms with Crippen LogP contribution in [0.4, 0.5) is 0 Å². The van der Waals surface area contributed by atoms with Crippen LogP contribution in [-0.2, 0) is 58.1 Å². The number of amides is 3. The quantitative estimate of drug-likeness (QED) is 0.127. The third-order valence-electron chi connectivity index (χ3n) is 13.4. The monoisotopic (exact) mass is 968 g/mol. The lowest BCUT2D eigenvalue weighted by Crippen LogP contribution is -2.62. The maximum absolute atomic E-state index is 14.7. The highest BCUT2D eigenvalue weighted by molar-refractivity contribution is 7.89. The second-order valence-electron chi connectivity index (χ2n) is 19.9. The molecular weight excluding hydrogens is 901 g/mol. The van der Waals surface area contributed by atoms with Crippen molar-refractivity contribution in [3.8, 4) is 28.1 Å². The van der Waals surface area contributed by atoms with E-state index in [1.807, 2.05) is 25.1 Å². The van der Waals surface area contributed by atoms with Gasteiger partial charge in [0.15, 0.2) is 0 Å². The fourth-order valence-electron chi connectivity index (χ4n) is 10.1. The Labute approximate surface area is 405 Å². The molecule has 3 amide bonds. The van der Waals surface area contributed by atoms with Crippen molar-refractivity contribution in [2.75, 3.05) is 60.4 Å². The molecule has 5 atom stereocenters. The maximum atomic E-state index is 14.7. The number of carbonyl (C=O) groups excluding carboxylic acids is 4. The molecule has 0 saturated carbocycles. The molecule has 7 rings (SSSR count). The van der Waals surface area contributed by atoms with E-state index in [-0.39, 0.29) is 56.8 Å². The fourth-order valence-corrected chi connectivity index (χ4v) is 11.7. The lowest BCUT2D eigenvalue weighted by atomic mass is 9.84. The summed E-state index contributed by atoms with van der Waals surface area (Å²) >= 11 is 0. The summed E-state index contributed by atoms with van der Waals surface area (Å²) in [5.41, 5.74) is 9.63. The van der Waals surface area contributed by atoms with Crippen molar-refractivity contribution in [2.24, 2.45) is 11.3 Å². The Hall–Kier alpha value is -5.66. The first-order chi connectivity index (χ1) is 32.6. The van der Waals surface area contributed by atoms with E-state index in [9.17, 15) is 32.7 Å². The number of ether oxygens (including phenoxy) is 2. The molecule has 69 heavy (non-hydrogen) atoms. The van der Waals surface area contributed by atoms with Crippen LogP contribution in [0.15, 0.2) is 66.9 Å². The Morgan fingerprint density at radius 2 is 1.84 bits per heavy atom. The number of methoxy groups -OCH3 is 1. The first kappa shape index (κ1) is 51.2. The Morgan fingerprint density at radius 1 is 1.09 bits per heavy atom. The van der Waals surface area contributed by atoms with Gasteiger partial charge in [-0.3, -0.25) is 34.1 Å². The summed E-state index contributed by atoms with van der Waals surface area (Å²) in [6, 6.07) is 12.0. The molecule has 2 fully saturated rings. The van der Waals surface area contributed by atoms with Crippen LogP contribution >= 0.6 is 0 Å². The van der Waals surface area contributed by atoms with Gasteiger partial charge < -0.3 is 29.4 Å². The number of aromatic nitrogens is 2. The van der Waals surface area contributed by atoms with Gasteiger partial charge in [-0.05, 0) is 125 Å². The molecule has 3 aliphatic heterocycles. The van der Waals surface area contributed by atoms with E-state index in [0.29, 0.717) is 42.5 Å². The lowest BCUT2D eigenvalue weighted by molar-refractivity contribution is -0.155. The molecule has 0 radical (unpaired) electrons. The van der Waals surface area contributed by atoms with Gasteiger partial charge in [0, 0.05) is 74.8 Å². The maximum Gasteiger partial charge on any atom is 0.324 e. The highest BCUT2D eigenvalue weighted by atomic mass is 32.2. The Bertz CT molecular complexity index is 2740. The Morgan fingerprint density at radius 3 is 2.54 bits per heavy atom. The summed E-state index contributed by atoms with van der Waals surface area (Å²) in [7, 11) is 2.81. The largest absolute Gasteiger partial charge is 0.508 e. The zero-order valence-electron chi connectivity index (χ0n) is 41.4. The van der Waals surface area contributed by atoms with Gasteiger partial charge >= 0.3 is 5.97 Å². The third kappa shape index (κ3) is 11.0. The van der Waals surface area contributed by atoms with Crippen LogP contribution in [0.25, 0.3) is 33.3 Å². The highest BCUT2D eigenvalue weighted by Gasteiger charge is 2.41. The fraction of sp³-hybridized carbons (Fsp3) is 0.510. The van der Waals surface area contributed by atoms with Crippen LogP contribution in [0.1, 0.15) is 76.8 Å². The number of aryl methyl sites for hydroxylation is 1. The summed E-state index contributed by atoms with van der Waals surface area (Å²) in [4.78, 5) is 64.9. The van der Waals surface area contributed by atoms with Crippen molar-refractivity contribution in [3.63, 3.8) is 0 Å². The normalized spacial score (nSPS) is 21.1. The van der Waals surface area contributed by atoms with Crippen molar-refractivity contribution >= 4 is 44.6 Å². The molecule has 2 aromatic carbocycles. The highest BCUT2D eigenvalue weighted by Crippen LogP contribution is 2.42. The van der Waals surface area contributed by atoms with Crippen molar-refractivity contribution in [1.29, 1.82) is 0 Å². The van der Waals surface area contributed by atoms with Crippen LogP contribution < -0.4 is 10.7 Å². The van der Waals surface area contributed by atoms with E-state index < -0.39 is 63.2 Å². The third-order valence-corrected chi connectivity index (χ3v) is 15.4. The number of sulfonamides is 1. The standard InChI is InChI=1S/C51H68N8O9S/c1-11-58-43-17-16-34-26-39(43)40(46(58)38-14-12-19-52-44(38)32(4)67-10)27-51(5,6)29-68-50(64)41-15-13-20-59(54-41)49(63)42(24-33-22-36(34)25-37(60)23-33)53-47(61)45(31(2)3)56(9)48(62)35-18-21-57(28-35)69(65,66)30-55(7)8/h12,14,16-17,19,22-23,25-26,32,35,41-42,45,54,60H,2,11,13,15,18,20-21,24,27-30H2,1,3-10H3,(H,53,61)/t32-,35-,41-,42-,45-/m0/s1. The second kappa shape index (κ2) is 20.7. The SMILES string of the molecule is C=C(C)[C@@H](C(=O)N[C@H]1Cc2cc(O)cc(c2)-c2ccc3c(c2)c(c(-c2cccnc2[C@H](C)OC)n3CC)CC(C)(C)COC(=O)[C@@H]2CCCN(N2)C1=O)N(C)C(=O)[C@H]1CCN(S(=O)(=O)CN(C)C)C1. The molecule has 2 aromatic heterocycles. The molecule has 4 aromatic rings. The van der Waals surface area contributed by atoms with E-state index in [2.05, 4.69) is 60.9 Å². The Balaban J connectivity index is 1.29. The molecule has 5 heterocycles. The van der Waals surface area contributed by atoms with Crippen LogP contribution in [0, 0.1) is 11.3 Å². The Kier molecular flexibility index (Phi) is 15.4. The summed E-state index contributed by atoms with van der Waals surface area (Å²) in [5.74, 6) is -3.08.